The number of carbonyl (C=O) groups excluding carboxylic acids is 1. The number of benzene rings is 1. The van der Waals surface area contributed by atoms with Crippen LogP contribution in [0.1, 0.15) is 21.6 Å². The van der Waals surface area contributed by atoms with Crippen molar-refractivity contribution in [2.45, 2.75) is 12.7 Å². The Morgan fingerprint density at radius 3 is 2.81 bits per heavy atom. The first-order chi connectivity index (χ1) is 12.7. The van der Waals surface area contributed by atoms with E-state index < -0.39 is 28.3 Å². The lowest BCUT2D eigenvalue weighted by Gasteiger charge is -2.08. The Morgan fingerprint density at radius 2 is 2.11 bits per heavy atom. The van der Waals surface area contributed by atoms with Crippen LogP contribution < -0.4 is 5.32 Å². The normalized spacial score (nSPS) is 11.4. The van der Waals surface area contributed by atoms with Crippen molar-refractivity contribution in [2.24, 2.45) is 0 Å². The van der Waals surface area contributed by atoms with E-state index >= 15 is 0 Å². The van der Waals surface area contributed by atoms with Gasteiger partial charge in [0.1, 0.15) is 6.20 Å². The highest BCUT2D eigenvalue weighted by Crippen LogP contribution is 2.29. The van der Waals surface area contributed by atoms with Gasteiger partial charge >= 0.3 is 11.9 Å². The van der Waals surface area contributed by atoms with Gasteiger partial charge in [0.15, 0.2) is 0 Å². The van der Waals surface area contributed by atoms with E-state index in [0.29, 0.717) is 5.56 Å². The predicted octanol–water partition coefficient (Wildman–Crippen LogP) is 2.83. The van der Waals surface area contributed by atoms with Crippen LogP contribution >= 0.6 is 0 Å². The van der Waals surface area contributed by atoms with E-state index in [1.165, 1.54) is 29.2 Å². The predicted molar refractivity (Wildman–Crippen MR) is 86.0 cm³/mol. The van der Waals surface area contributed by atoms with Gasteiger partial charge in [-0.25, -0.2) is 0 Å². The molecule has 3 rings (SSSR count). The number of aromatic nitrogens is 4. The van der Waals surface area contributed by atoms with Crippen molar-refractivity contribution in [3.05, 3.63) is 69.8 Å². The van der Waals surface area contributed by atoms with Crippen LogP contribution in [-0.2, 0) is 12.7 Å². The van der Waals surface area contributed by atoms with Crippen molar-refractivity contribution in [1.82, 2.24) is 20.0 Å². The van der Waals surface area contributed by atoms with Crippen LogP contribution in [0.4, 0.5) is 24.5 Å². The molecule has 12 heteroatoms. The summed E-state index contributed by atoms with van der Waals surface area (Å²) in [6.45, 7) is 0.0456. The lowest BCUT2D eigenvalue weighted by molar-refractivity contribution is -0.385. The second kappa shape index (κ2) is 6.90. The number of H-pyrrole nitrogens is 1. The zero-order valence-electron chi connectivity index (χ0n) is 13.4. The second-order valence-corrected chi connectivity index (χ2v) is 5.47. The van der Waals surface area contributed by atoms with Crippen LogP contribution in [0.15, 0.2) is 42.9 Å². The van der Waals surface area contributed by atoms with Gasteiger partial charge in [-0.1, -0.05) is 12.1 Å². The number of nitrogens with one attached hydrogen (secondary N) is 2. The Bertz CT molecular complexity index is 995. The summed E-state index contributed by atoms with van der Waals surface area (Å²) in [4.78, 5) is 22.1. The van der Waals surface area contributed by atoms with Crippen molar-refractivity contribution in [3.8, 4) is 0 Å². The van der Waals surface area contributed by atoms with Gasteiger partial charge in [-0.15, -0.1) is 0 Å². The van der Waals surface area contributed by atoms with Crippen LogP contribution in [0.5, 0.6) is 0 Å². The highest BCUT2D eigenvalue weighted by atomic mass is 19.4. The van der Waals surface area contributed by atoms with E-state index in [2.05, 4.69) is 20.6 Å². The van der Waals surface area contributed by atoms with E-state index in [1.807, 2.05) is 0 Å². The summed E-state index contributed by atoms with van der Waals surface area (Å²) in [7, 11) is 0. The Labute approximate surface area is 149 Å². The number of halogens is 3. The molecule has 140 valence electrons. The molecule has 3 aromatic rings. The zero-order chi connectivity index (χ0) is 19.6. The fraction of sp³-hybridized carbons (Fsp3) is 0.133. The number of rotatable bonds is 5. The number of hydrogen-bond donors (Lipinski definition) is 2. The first-order valence-corrected chi connectivity index (χ1v) is 7.42. The molecule has 0 radical (unpaired) electrons. The average Bonchev–Trinajstić information content (AvgIpc) is 3.24. The highest BCUT2D eigenvalue weighted by molar-refractivity contribution is 6.05. The molecule has 1 amide bonds. The maximum atomic E-state index is 12.8. The molecular weight excluding hydrogens is 369 g/mol. The standard InChI is InChI=1S/C15H11F3N6O3/c16-15(17,18)10-3-1-2-9(4-10)7-23-8-11(5-20-23)21-14(25)13-12(24(26)27)6-19-22-13/h1-6,8H,7H2,(H,19,22)(H,21,25). The van der Waals surface area contributed by atoms with Crippen molar-refractivity contribution in [3.63, 3.8) is 0 Å². The summed E-state index contributed by atoms with van der Waals surface area (Å²) >= 11 is 0. The summed E-state index contributed by atoms with van der Waals surface area (Å²) in [5, 5.41) is 22.9. The van der Waals surface area contributed by atoms with Gasteiger partial charge in [-0.3, -0.25) is 24.7 Å². The van der Waals surface area contributed by atoms with Gasteiger partial charge in [0.25, 0.3) is 5.91 Å². The molecule has 0 saturated carbocycles. The molecule has 0 aliphatic rings. The molecule has 0 aliphatic carbocycles. The Hall–Kier alpha value is -3.70. The molecule has 0 unspecified atom stereocenters. The van der Waals surface area contributed by atoms with Gasteiger partial charge in [0, 0.05) is 6.20 Å². The van der Waals surface area contributed by atoms with E-state index in [4.69, 9.17) is 0 Å². The van der Waals surface area contributed by atoms with Crippen LogP contribution in [-0.4, -0.2) is 30.8 Å². The van der Waals surface area contributed by atoms with Gasteiger partial charge in [0.05, 0.1) is 28.9 Å². The SMILES string of the molecule is O=C(Nc1cnn(Cc2cccc(C(F)(F)F)c2)c1)c1[nH]ncc1[N+](=O)[O-]. The molecule has 0 bridgehead atoms. The molecule has 0 spiro atoms. The minimum absolute atomic E-state index is 0.0456. The molecule has 1 aromatic carbocycles. The van der Waals surface area contributed by atoms with E-state index in [9.17, 15) is 28.1 Å². The molecule has 2 aromatic heterocycles. The lowest BCUT2D eigenvalue weighted by atomic mass is 10.1. The van der Waals surface area contributed by atoms with Crippen molar-refractivity contribution < 1.29 is 22.9 Å². The zero-order valence-corrected chi connectivity index (χ0v) is 13.4. The van der Waals surface area contributed by atoms with Crippen LogP contribution in [0.25, 0.3) is 0 Å². The van der Waals surface area contributed by atoms with Gasteiger partial charge < -0.3 is 5.32 Å². The topological polar surface area (TPSA) is 119 Å². The lowest BCUT2D eigenvalue weighted by Crippen LogP contribution is -2.13. The molecule has 0 atom stereocenters. The van der Waals surface area contributed by atoms with Gasteiger partial charge in [-0.05, 0) is 17.7 Å². The number of aromatic amines is 1. The summed E-state index contributed by atoms with van der Waals surface area (Å²) in [5.74, 6) is -0.794. The van der Waals surface area contributed by atoms with Crippen LogP contribution in [0.3, 0.4) is 0 Å². The molecule has 2 N–H and O–H groups in total. The maximum Gasteiger partial charge on any atom is 0.416 e. The minimum Gasteiger partial charge on any atom is -0.318 e. The van der Waals surface area contributed by atoms with E-state index in [0.717, 1.165) is 18.3 Å². The molecular formula is C15H11F3N6O3. The number of anilines is 1. The molecule has 0 saturated heterocycles. The molecule has 27 heavy (non-hydrogen) atoms. The second-order valence-electron chi connectivity index (χ2n) is 5.47. The Morgan fingerprint density at radius 1 is 1.33 bits per heavy atom. The minimum atomic E-state index is -4.45. The summed E-state index contributed by atoms with van der Waals surface area (Å²) in [6.07, 6.45) is -0.877. The third-order valence-corrected chi connectivity index (χ3v) is 3.53. The summed E-state index contributed by atoms with van der Waals surface area (Å²) in [6, 6.07) is 4.79. The first kappa shape index (κ1) is 18.1. The molecule has 2 heterocycles. The Balaban J connectivity index is 1.71. The number of amides is 1. The Kier molecular flexibility index (Phi) is 4.62. The summed E-state index contributed by atoms with van der Waals surface area (Å²) in [5.41, 5.74) is -0.993. The monoisotopic (exact) mass is 380 g/mol. The third-order valence-electron chi connectivity index (χ3n) is 3.53. The number of alkyl halides is 3. The quantitative estimate of drug-likeness (QED) is 0.521. The van der Waals surface area contributed by atoms with Crippen molar-refractivity contribution in [2.75, 3.05) is 5.32 Å². The average molecular weight is 380 g/mol. The number of hydrogen-bond acceptors (Lipinski definition) is 5. The van der Waals surface area contributed by atoms with E-state index in [-0.39, 0.29) is 17.9 Å². The fourth-order valence-corrected chi connectivity index (χ4v) is 2.33. The summed E-state index contributed by atoms with van der Waals surface area (Å²) < 4.78 is 39.6. The smallest absolute Gasteiger partial charge is 0.318 e. The van der Waals surface area contributed by atoms with E-state index in [1.54, 1.807) is 0 Å². The van der Waals surface area contributed by atoms with Crippen LogP contribution in [0, 0.1) is 10.1 Å². The molecule has 0 fully saturated rings. The van der Waals surface area contributed by atoms with Crippen LogP contribution in [0.2, 0.25) is 0 Å². The van der Waals surface area contributed by atoms with Gasteiger partial charge in [-0.2, -0.15) is 23.4 Å². The highest BCUT2D eigenvalue weighted by Gasteiger charge is 2.30. The van der Waals surface area contributed by atoms with Gasteiger partial charge in [0.2, 0.25) is 5.69 Å². The number of carbonyl (C=O) groups is 1. The third kappa shape index (κ3) is 4.11. The van der Waals surface area contributed by atoms with Crippen molar-refractivity contribution >= 4 is 17.3 Å². The fourth-order valence-electron chi connectivity index (χ4n) is 2.33. The number of nitrogens with zero attached hydrogens (tertiary/aromatic N) is 4. The molecule has 0 aliphatic heterocycles. The van der Waals surface area contributed by atoms with Crippen molar-refractivity contribution in [1.29, 1.82) is 0 Å². The largest absolute Gasteiger partial charge is 0.416 e. The maximum absolute atomic E-state index is 12.8. The number of nitro groups is 1. The molecule has 9 nitrogen and oxygen atoms in total. The first-order valence-electron chi connectivity index (χ1n) is 7.42.